The van der Waals surface area contributed by atoms with Crippen molar-refractivity contribution in [2.24, 2.45) is 0 Å². The van der Waals surface area contributed by atoms with E-state index in [1.54, 1.807) is 17.3 Å². The third-order valence-corrected chi connectivity index (χ3v) is 3.50. The smallest absolute Gasteiger partial charge is 0.244 e. The van der Waals surface area contributed by atoms with Crippen molar-refractivity contribution >= 4 is 34.1 Å². The van der Waals surface area contributed by atoms with Crippen LogP contribution in [-0.2, 0) is 4.79 Å². The second-order valence-corrected chi connectivity index (χ2v) is 4.80. The molecule has 1 aromatic rings. The zero-order chi connectivity index (χ0) is 9.80. The summed E-state index contributed by atoms with van der Waals surface area (Å²) in [5.74, 6) is 1.88. The zero-order valence-electron chi connectivity index (χ0n) is 7.40. The summed E-state index contributed by atoms with van der Waals surface area (Å²) in [4.78, 5) is 11.6. The van der Waals surface area contributed by atoms with Crippen molar-refractivity contribution in [3.63, 3.8) is 0 Å². The van der Waals surface area contributed by atoms with Crippen LogP contribution in [0, 0.1) is 0 Å². The van der Waals surface area contributed by atoms with Crippen LogP contribution in [0.5, 0.6) is 0 Å². The summed E-state index contributed by atoms with van der Waals surface area (Å²) in [6.45, 7) is 0.888. The fraction of sp³-hybridized carbons (Fsp3) is 0.571. The van der Waals surface area contributed by atoms with Gasteiger partial charge in [0.25, 0.3) is 0 Å². The molecule has 2 rings (SSSR count). The van der Waals surface area contributed by atoms with Gasteiger partial charge in [-0.15, -0.1) is 10.2 Å². The van der Waals surface area contributed by atoms with Gasteiger partial charge in [-0.2, -0.15) is 11.8 Å². The molecule has 76 valence electrons. The lowest BCUT2D eigenvalue weighted by Gasteiger charge is -2.21. The summed E-state index contributed by atoms with van der Waals surface area (Å²) in [6.07, 6.45) is 0. The molecule has 0 bridgehead atoms. The van der Waals surface area contributed by atoms with Gasteiger partial charge in [0.1, 0.15) is 5.51 Å². The number of carbonyl (C=O) groups excluding carboxylic acids is 1. The molecule has 0 aliphatic carbocycles. The highest BCUT2D eigenvalue weighted by Gasteiger charge is 2.21. The highest BCUT2D eigenvalue weighted by Crippen LogP contribution is 2.12. The molecule has 0 aromatic carbocycles. The van der Waals surface area contributed by atoms with Crippen molar-refractivity contribution in [1.29, 1.82) is 0 Å². The summed E-state index contributed by atoms with van der Waals surface area (Å²) in [5, 5.41) is 13.8. The Kier molecular flexibility index (Phi) is 3.33. The predicted octanol–water partition coefficient (Wildman–Crippen LogP) is 0.182. The number of nitrogens with zero attached hydrogens (tertiary/aromatic N) is 2. The minimum Gasteiger partial charge on any atom is -0.304 e. The first kappa shape index (κ1) is 9.88. The number of aromatic nitrogens is 2. The van der Waals surface area contributed by atoms with Crippen LogP contribution < -0.4 is 10.6 Å². The second kappa shape index (κ2) is 4.72. The second-order valence-electron chi connectivity index (χ2n) is 2.81. The Balaban J connectivity index is 1.88. The first-order chi connectivity index (χ1) is 6.86. The van der Waals surface area contributed by atoms with Gasteiger partial charge in [0.05, 0.1) is 6.04 Å². The van der Waals surface area contributed by atoms with E-state index in [9.17, 15) is 4.79 Å². The summed E-state index contributed by atoms with van der Waals surface area (Å²) >= 11 is 3.11. The van der Waals surface area contributed by atoms with Gasteiger partial charge in [0.15, 0.2) is 0 Å². The van der Waals surface area contributed by atoms with E-state index < -0.39 is 0 Å². The van der Waals surface area contributed by atoms with Crippen molar-refractivity contribution in [3.8, 4) is 0 Å². The minimum absolute atomic E-state index is 0.0195. The molecular weight excluding hydrogens is 220 g/mol. The van der Waals surface area contributed by atoms with Crippen molar-refractivity contribution in [3.05, 3.63) is 5.51 Å². The number of hydrogen-bond donors (Lipinski definition) is 2. The third-order valence-electron chi connectivity index (χ3n) is 1.83. The lowest BCUT2D eigenvalue weighted by atomic mass is 10.3. The van der Waals surface area contributed by atoms with Gasteiger partial charge in [-0.1, -0.05) is 11.3 Å². The van der Waals surface area contributed by atoms with Crippen molar-refractivity contribution in [2.45, 2.75) is 6.04 Å². The van der Waals surface area contributed by atoms with Crippen molar-refractivity contribution < 1.29 is 4.79 Å². The van der Waals surface area contributed by atoms with Crippen LogP contribution in [0.3, 0.4) is 0 Å². The fourth-order valence-electron chi connectivity index (χ4n) is 1.15. The van der Waals surface area contributed by atoms with E-state index in [-0.39, 0.29) is 11.9 Å². The van der Waals surface area contributed by atoms with Gasteiger partial charge in [0.2, 0.25) is 11.0 Å². The van der Waals surface area contributed by atoms with E-state index in [1.165, 1.54) is 11.3 Å². The van der Waals surface area contributed by atoms with Gasteiger partial charge in [-0.05, 0) is 0 Å². The number of anilines is 1. The molecule has 0 spiro atoms. The van der Waals surface area contributed by atoms with E-state index in [4.69, 9.17) is 0 Å². The van der Waals surface area contributed by atoms with E-state index >= 15 is 0 Å². The summed E-state index contributed by atoms with van der Waals surface area (Å²) < 4.78 is 0. The summed E-state index contributed by atoms with van der Waals surface area (Å²) in [7, 11) is 0. The number of thioether (sulfide) groups is 1. The van der Waals surface area contributed by atoms with E-state index in [2.05, 4.69) is 20.8 Å². The van der Waals surface area contributed by atoms with Gasteiger partial charge < -0.3 is 5.32 Å². The topological polar surface area (TPSA) is 66.9 Å². The van der Waals surface area contributed by atoms with E-state index in [1.807, 2.05) is 0 Å². The molecule has 5 nitrogen and oxygen atoms in total. The maximum Gasteiger partial charge on any atom is 0.244 e. The first-order valence-electron chi connectivity index (χ1n) is 4.24. The van der Waals surface area contributed by atoms with Crippen molar-refractivity contribution in [2.75, 3.05) is 23.4 Å². The molecule has 1 saturated heterocycles. The molecule has 1 atom stereocenters. The highest BCUT2D eigenvalue weighted by molar-refractivity contribution is 7.99. The highest BCUT2D eigenvalue weighted by atomic mass is 32.2. The average molecular weight is 230 g/mol. The number of nitrogens with one attached hydrogen (secondary N) is 2. The average Bonchev–Trinajstić information content (AvgIpc) is 2.72. The quantitative estimate of drug-likeness (QED) is 0.759. The Morgan fingerprint density at radius 1 is 1.71 bits per heavy atom. The first-order valence-corrected chi connectivity index (χ1v) is 6.28. The lowest BCUT2D eigenvalue weighted by molar-refractivity contribution is -0.117. The Hall–Kier alpha value is -0.660. The number of hydrogen-bond acceptors (Lipinski definition) is 6. The largest absolute Gasteiger partial charge is 0.304 e. The lowest BCUT2D eigenvalue weighted by Crippen LogP contribution is -2.46. The van der Waals surface area contributed by atoms with Crippen molar-refractivity contribution in [1.82, 2.24) is 15.5 Å². The molecule has 2 N–H and O–H groups in total. The summed E-state index contributed by atoms with van der Waals surface area (Å²) in [6, 6.07) is -0.0994. The van der Waals surface area contributed by atoms with Crippen LogP contribution >= 0.6 is 23.1 Å². The Morgan fingerprint density at radius 3 is 3.29 bits per heavy atom. The fourth-order valence-corrected chi connectivity index (χ4v) is 2.54. The maximum atomic E-state index is 11.6. The normalized spacial score (nSPS) is 21.9. The zero-order valence-corrected chi connectivity index (χ0v) is 9.03. The molecule has 0 saturated carbocycles. The molecule has 7 heteroatoms. The van der Waals surface area contributed by atoms with E-state index in [0.29, 0.717) is 5.13 Å². The molecule has 1 fully saturated rings. The van der Waals surface area contributed by atoms with Crippen LogP contribution in [-0.4, -0.2) is 40.2 Å². The van der Waals surface area contributed by atoms with Crippen LogP contribution in [0.1, 0.15) is 0 Å². The van der Waals surface area contributed by atoms with Crippen LogP contribution in [0.4, 0.5) is 5.13 Å². The van der Waals surface area contributed by atoms with Gasteiger partial charge in [0, 0.05) is 18.1 Å². The SMILES string of the molecule is O=C(Nc1nncs1)C1CSCCN1. The Bertz CT molecular complexity index is 297. The predicted molar refractivity (Wildman–Crippen MR) is 57.7 cm³/mol. The standard InChI is InChI=1S/C7H10N4OS2/c12-6(5-3-13-2-1-8-5)10-7-11-9-4-14-7/h4-5,8H,1-3H2,(H,10,11,12). The Labute approximate surface area is 89.7 Å². The van der Waals surface area contributed by atoms with Crippen LogP contribution in [0.2, 0.25) is 0 Å². The minimum atomic E-state index is -0.0994. The van der Waals surface area contributed by atoms with Gasteiger partial charge in [-0.3, -0.25) is 10.1 Å². The molecule has 1 unspecified atom stereocenters. The van der Waals surface area contributed by atoms with E-state index in [0.717, 1.165) is 18.1 Å². The van der Waals surface area contributed by atoms with Crippen LogP contribution in [0.15, 0.2) is 5.51 Å². The molecule has 14 heavy (non-hydrogen) atoms. The monoisotopic (exact) mass is 230 g/mol. The molecule has 1 aliphatic heterocycles. The van der Waals surface area contributed by atoms with Crippen LogP contribution in [0.25, 0.3) is 0 Å². The molecule has 0 radical (unpaired) electrons. The molecule has 1 amide bonds. The third kappa shape index (κ3) is 2.43. The maximum absolute atomic E-state index is 11.6. The molecular formula is C7H10N4OS2. The van der Waals surface area contributed by atoms with Gasteiger partial charge >= 0.3 is 0 Å². The number of carbonyl (C=O) groups is 1. The number of rotatable bonds is 2. The Morgan fingerprint density at radius 2 is 2.64 bits per heavy atom. The number of amides is 1. The molecule has 2 heterocycles. The summed E-state index contributed by atoms with van der Waals surface area (Å²) in [5.41, 5.74) is 1.60. The molecule has 1 aliphatic rings. The molecule has 1 aromatic heterocycles. The van der Waals surface area contributed by atoms with Gasteiger partial charge in [-0.25, -0.2) is 0 Å².